The smallest absolute Gasteiger partial charge is 0.118 e. The van der Waals surface area contributed by atoms with Gasteiger partial charge in [0.05, 0.1) is 11.9 Å². The van der Waals surface area contributed by atoms with E-state index in [-0.39, 0.29) is 11.2 Å². The van der Waals surface area contributed by atoms with Gasteiger partial charge < -0.3 is 5.32 Å². The molecular weight excluding hydrogens is 493 g/mol. The highest BCUT2D eigenvalue weighted by Crippen LogP contribution is 2.34. The highest BCUT2D eigenvalue weighted by molar-refractivity contribution is 5.84. The second-order valence-corrected chi connectivity index (χ2v) is 10.9. The van der Waals surface area contributed by atoms with Crippen molar-refractivity contribution in [3.05, 3.63) is 156 Å². The summed E-state index contributed by atoms with van der Waals surface area (Å²) in [5.74, 6) is -0.169. The van der Waals surface area contributed by atoms with Crippen LogP contribution in [0, 0.1) is 12.3 Å². The Bertz CT molecular complexity index is 1600. The van der Waals surface area contributed by atoms with E-state index in [2.05, 4.69) is 90.8 Å². The molecule has 0 saturated carbocycles. The van der Waals surface area contributed by atoms with E-state index in [1.807, 2.05) is 42.9 Å². The fourth-order valence-electron chi connectivity index (χ4n) is 5.01. The number of hydrogen-bond acceptors (Lipinski definition) is 3. The minimum Gasteiger partial charge on any atom is -0.354 e. The van der Waals surface area contributed by atoms with Crippen molar-refractivity contribution in [3.8, 4) is 11.1 Å². The molecule has 1 aliphatic carbocycles. The minimum atomic E-state index is -0.169. The Kier molecular flexibility index (Phi) is 7.88. The van der Waals surface area contributed by atoms with Crippen LogP contribution in [0.5, 0.6) is 0 Å². The molecule has 0 spiro atoms. The van der Waals surface area contributed by atoms with Crippen LogP contribution in [-0.4, -0.2) is 9.97 Å². The fraction of sp³-hybridized carbons (Fsp3) is 0.167. The largest absolute Gasteiger partial charge is 0.354 e. The summed E-state index contributed by atoms with van der Waals surface area (Å²) >= 11 is 0. The minimum absolute atomic E-state index is 0.130. The van der Waals surface area contributed by atoms with Crippen molar-refractivity contribution in [2.45, 2.75) is 33.1 Å². The van der Waals surface area contributed by atoms with E-state index in [4.69, 9.17) is 0 Å². The maximum Gasteiger partial charge on any atom is 0.118 e. The third-order valence-corrected chi connectivity index (χ3v) is 7.42. The average molecular weight is 528 g/mol. The van der Waals surface area contributed by atoms with E-state index in [9.17, 15) is 4.39 Å². The number of allylic oxidation sites excluding steroid dienone is 5. The predicted molar refractivity (Wildman–Crippen MR) is 164 cm³/mol. The number of rotatable bonds is 9. The van der Waals surface area contributed by atoms with Crippen molar-refractivity contribution in [2.75, 3.05) is 5.32 Å². The molecule has 4 aromatic rings. The fourth-order valence-corrected chi connectivity index (χ4v) is 5.01. The highest BCUT2D eigenvalue weighted by Gasteiger charge is 2.24. The Labute approximate surface area is 236 Å². The van der Waals surface area contributed by atoms with Gasteiger partial charge in [-0.25, -0.2) is 4.39 Å². The normalized spacial score (nSPS) is 16.3. The Morgan fingerprint density at radius 2 is 1.77 bits per heavy atom. The Balaban J connectivity index is 1.27. The van der Waals surface area contributed by atoms with Crippen molar-refractivity contribution in [1.29, 1.82) is 0 Å². The van der Waals surface area contributed by atoms with Crippen LogP contribution >= 0.6 is 0 Å². The number of halogens is 1. The zero-order chi connectivity index (χ0) is 28.1. The molecule has 0 aliphatic heterocycles. The maximum atomic E-state index is 13.4. The zero-order valence-electron chi connectivity index (χ0n) is 23.1. The highest BCUT2D eigenvalue weighted by atomic mass is 19.1. The van der Waals surface area contributed by atoms with Gasteiger partial charge in [0.1, 0.15) is 5.83 Å². The molecule has 4 heteroatoms. The Morgan fingerprint density at radius 3 is 2.50 bits per heavy atom. The first-order valence-electron chi connectivity index (χ1n) is 13.5. The second kappa shape index (κ2) is 11.7. The van der Waals surface area contributed by atoms with Crippen LogP contribution in [0.15, 0.2) is 128 Å². The molecule has 40 heavy (non-hydrogen) atoms. The van der Waals surface area contributed by atoms with E-state index in [0.29, 0.717) is 12.1 Å². The van der Waals surface area contributed by atoms with Crippen molar-refractivity contribution in [1.82, 2.24) is 9.97 Å². The number of nitrogens with one attached hydrogen (secondary N) is 1. The van der Waals surface area contributed by atoms with Gasteiger partial charge in [0.25, 0.3) is 0 Å². The van der Waals surface area contributed by atoms with E-state index in [0.717, 1.165) is 52.0 Å². The molecule has 1 aliphatic rings. The molecule has 0 saturated heterocycles. The number of benzene rings is 2. The van der Waals surface area contributed by atoms with Gasteiger partial charge in [-0.05, 0) is 101 Å². The standard InChI is InChI=1S/C36H34FN3/c1-25-10-11-30(31-19-29(22-38-23-31)18-28-8-6-5-7-9-28)20-35(25)26(2)27(3)40-34-13-12-33(39-24-34)21-36(4)16-14-32(37)15-17-36/h5-16,19-20,22-24,40H,2-3,17-18,21H2,1,4H3. The molecule has 0 bridgehead atoms. The number of pyridine rings is 2. The van der Waals surface area contributed by atoms with Crippen molar-refractivity contribution in [2.24, 2.45) is 5.41 Å². The lowest BCUT2D eigenvalue weighted by atomic mass is 9.79. The third kappa shape index (κ3) is 6.52. The first-order valence-corrected chi connectivity index (χ1v) is 13.5. The van der Waals surface area contributed by atoms with Crippen LogP contribution in [0.25, 0.3) is 16.7 Å². The van der Waals surface area contributed by atoms with Crippen LogP contribution in [0.3, 0.4) is 0 Å². The molecule has 1 unspecified atom stereocenters. The third-order valence-electron chi connectivity index (χ3n) is 7.42. The van der Waals surface area contributed by atoms with Gasteiger partial charge in [0.2, 0.25) is 0 Å². The number of anilines is 1. The van der Waals surface area contributed by atoms with Crippen LogP contribution < -0.4 is 5.32 Å². The molecule has 1 atom stereocenters. The summed E-state index contributed by atoms with van der Waals surface area (Å²) in [7, 11) is 0. The van der Waals surface area contributed by atoms with Gasteiger partial charge in [0.15, 0.2) is 0 Å². The Hall–Kier alpha value is -4.57. The molecule has 0 fully saturated rings. The lowest BCUT2D eigenvalue weighted by molar-refractivity contribution is 0.412. The van der Waals surface area contributed by atoms with Gasteiger partial charge in [0, 0.05) is 29.3 Å². The topological polar surface area (TPSA) is 37.8 Å². The average Bonchev–Trinajstić information content (AvgIpc) is 2.96. The second-order valence-electron chi connectivity index (χ2n) is 10.9. The molecule has 2 heterocycles. The number of hydrogen-bond donors (Lipinski definition) is 1. The summed E-state index contributed by atoms with van der Waals surface area (Å²) in [4.78, 5) is 9.16. The van der Waals surface area contributed by atoms with Crippen molar-refractivity contribution < 1.29 is 4.39 Å². The number of aromatic nitrogens is 2. The predicted octanol–water partition coefficient (Wildman–Crippen LogP) is 9.04. The van der Waals surface area contributed by atoms with Gasteiger partial charge >= 0.3 is 0 Å². The monoisotopic (exact) mass is 527 g/mol. The Morgan fingerprint density at radius 1 is 0.950 bits per heavy atom. The summed E-state index contributed by atoms with van der Waals surface area (Å²) in [6.45, 7) is 12.8. The van der Waals surface area contributed by atoms with Gasteiger partial charge in [-0.2, -0.15) is 0 Å². The van der Waals surface area contributed by atoms with Crippen molar-refractivity contribution >= 4 is 11.3 Å². The molecule has 200 valence electrons. The molecule has 2 aromatic carbocycles. The van der Waals surface area contributed by atoms with Crippen LogP contribution in [0.4, 0.5) is 10.1 Å². The first-order chi connectivity index (χ1) is 19.3. The number of aryl methyl sites for hydroxylation is 1. The number of nitrogens with zero attached hydrogens (tertiary/aromatic N) is 2. The van der Waals surface area contributed by atoms with Crippen LogP contribution in [0.2, 0.25) is 0 Å². The SMILES string of the molecule is C=C(Nc1ccc(CC2(C)C=CC(F)=CC2)nc1)C(=C)c1cc(-c2cncc(Cc3ccccc3)c2)ccc1C. The molecule has 0 radical (unpaired) electrons. The summed E-state index contributed by atoms with van der Waals surface area (Å²) in [6.07, 6.45) is 13.0. The van der Waals surface area contributed by atoms with Gasteiger partial charge in [-0.3, -0.25) is 9.97 Å². The lowest BCUT2D eigenvalue weighted by Gasteiger charge is -2.26. The van der Waals surface area contributed by atoms with Gasteiger partial charge in [-0.15, -0.1) is 0 Å². The van der Waals surface area contributed by atoms with E-state index in [1.54, 1.807) is 12.2 Å². The van der Waals surface area contributed by atoms with Gasteiger partial charge in [-0.1, -0.05) is 68.6 Å². The molecule has 0 amide bonds. The summed E-state index contributed by atoms with van der Waals surface area (Å²) in [5.41, 5.74) is 9.96. The first kappa shape index (κ1) is 27.0. The zero-order valence-corrected chi connectivity index (χ0v) is 23.1. The molecule has 2 aromatic heterocycles. The van der Waals surface area contributed by atoms with E-state index in [1.165, 1.54) is 11.1 Å². The quantitative estimate of drug-likeness (QED) is 0.221. The lowest BCUT2D eigenvalue weighted by Crippen LogP contribution is -2.18. The van der Waals surface area contributed by atoms with Crippen LogP contribution in [-0.2, 0) is 12.8 Å². The maximum absolute atomic E-state index is 13.4. The van der Waals surface area contributed by atoms with E-state index >= 15 is 0 Å². The molecule has 5 rings (SSSR count). The van der Waals surface area contributed by atoms with Crippen LogP contribution in [0.1, 0.15) is 41.3 Å². The summed E-state index contributed by atoms with van der Waals surface area (Å²) in [6, 6.07) is 23.0. The van der Waals surface area contributed by atoms with Crippen molar-refractivity contribution in [3.63, 3.8) is 0 Å². The molecule has 3 nitrogen and oxygen atoms in total. The summed E-state index contributed by atoms with van der Waals surface area (Å²) in [5, 5.41) is 3.37. The molecule has 1 N–H and O–H groups in total. The van der Waals surface area contributed by atoms with E-state index < -0.39 is 0 Å². The molecular formula is C36H34FN3. The summed E-state index contributed by atoms with van der Waals surface area (Å²) < 4.78 is 13.4.